The molecular weight excluding hydrogens is 240 g/mol. The zero-order chi connectivity index (χ0) is 12.6. The molecular formula is C15H24N2S. The van der Waals surface area contributed by atoms with Gasteiger partial charge in [0.25, 0.3) is 0 Å². The topological polar surface area (TPSA) is 6.48 Å². The fourth-order valence-corrected chi connectivity index (χ4v) is 3.25. The van der Waals surface area contributed by atoms with Gasteiger partial charge in [-0.3, -0.25) is 0 Å². The van der Waals surface area contributed by atoms with Gasteiger partial charge in [0.15, 0.2) is 0 Å². The SMILES string of the molecule is CN(CCSc1ccccc1)CCN1CCCC1. The van der Waals surface area contributed by atoms with Crippen LogP contribution >= 0.6 is 11.8 Å². The molecule has 0 saturated carbocycles. The molecule has 0 bridgehead atoms. The number of likely N-dealkylation sites (N-methyl/N-ethyl adjacent to an activating group) is 1. The minimum atomic E-state index is 1.17. The van der Waals surface area contributed by atoms with Crippen LogP contribution < -0.4 is 0 Å². The first-order valence-corrected chi connectivity index (χ1v) is 7.92. The Morgan fingerprint density at radius 2 is 1.83 bits per heavy atom. The summed E-state index contributed by atoms with van der Waals surface area (Å²) in [5.74, 6) is 1.18. The number of thioether (sulfide) groups is 1. The van der Waals surface area contributed by atoms with E-state index >= 15 is 0 Å². The fraction of sp³-hybridized carbons (Fsp3) is 0.600. The predicted octanol–water partition coefficient (Wildman–Crippen LogP) is 2.81. The number of benzene rings is 1. The largest absolute Gasteiger partial charge is 0.304 e. The molecule has 0 unspecified atom stereocenters. The van der Waals surface area contributed by atoms with Crippen LogP contribution in [0.1, 0.15) is 12.8 Å². The lowest BCUT2D eigenvalue weighted by Crippen LogP contribution is -2.32. The molecule has 1 aliphatic heterocycles. The Labute approximate surface area is 115 Å². The molecule has 18 heavy (non-hydrogen) atoms. The molecule has 1 saturated heterocycles. The van der Waals surface area contributed by atoms with Crippen molar-refractivity contribution in [2.24, 2.45) is 0 Å². The van der Waals surface area contributed by atoms with E-state index in [2.05, 4.69) is 47.2 Å². The number of rotatable bonds is 7. The highest BCUT2D eigenvalue weighted by Gasteiger charge is 2.11. The van der Waals surface area contributed by atoms with Crippen molar-refractivity contribution in [1.29, 1.82) is 0 Å². The van der Waals surface area contributed by atoms with Gasteiger partial charge in [-0.05, 0) is 45.1 Å². The molecule has 2 rings (SSSR count). The summed E-state index contributed by atoms with van der Waals surface area (Å²) < 4.78 is 0. The number of nitrogens with zero attached hydrogens (tertiary/aromatic N) is 2. The molecule has 100 valence electrons. The normalized spacial score (nSPS) is 16.6. The van der Waals surface area contributed by atoms with Crippen LogP contribution in [0, 0.1) is 0 Å². The standard InChI is InChI=1S/C15H24N2S/c1-16(11-12-17-9-5-6-10-17)13-14-18-15-7-3-2-4-8-15/h2-4,7-8H,5-6,9-14H2,1H3. The summed E-state index contributed by atoms with van der Waals surface area (Å²) >= 11 is 1.95. The zero-order valence-corrected chi connectivity index (χ0v) is 12.2. The zero-order valence-electron chi connectivity index (χ0n) is 11.3. The third-order valence-corrected chi connectivity index (χ3v) is 4.47. The Bertz CT molecular complexity index is 323. The molecule has 1 aromatic rings. The Morgan fingerprint density at radius 1 is 1.11 bits per heavy atom. The Hall–Kier alpha value is -0.510. The van der Waals surface area contributed by atoms with Gasteiger partial charge in [0.05, 0.1) is 0 Å². The molecule has 0 aliphatic carbocycles. The van der Waals surface area contributed by atoms with E-state index in [1.807, 2.05) is 11.8 Å². The highest BCUT2D eigenvalue weighted by molar-refractivity contribution is 7.99. The molecule has 1 heterocycles. The van der Waals surface area contributed by atoms with Crippen molar-refractivity contribution in [2.75, 3.05) is 45.5 Å². The van der Waals surface area contributed by atoms with Gasteiger partial charge in [-0.25, -0.2) is 0 Å². The van der Waals surface area contributed by atoms with Crippen LogP contribution in [0.3, 0.4) is 0 Å². The van der Waals surface area contributed by atoms with E-state index in [-0.39, 0.29) is 0 Å². The Kier molecular flexibility index (Phi) is 6.05. The summed E-state index contributed by atoms with van der Waals surface area (Å²) in [6.07, 6.45) is 2.79. The maximum Gasteiger partial charge on any atom is 0.0109 e. The molecule has 1 fully saturated rings. The quantitative estimate of drug-likeness (QED) is 0.699. The van der Waals surface area contributed by atoms with E-state index in [1.54, 1.807) is 0 Å². The minimum Gasteiger partial charge on any atom is -0.304 e. The van der Waals surface area contributed by atoms with Gasteiger partial charge in [0.2, 0.25) is 0 Å². The van der Waals surface area contributed by atoms with Crippen molar-refractivity contribution in [3.05, 3.63) is 30.3 Å². The average molecular weight is 264 g/mol. The molecule has 0 spiro atoms. The van der Waals surface area contributed by atoms with Crippen LogP contribution in [0.5, 0.6) is 0 Å². The summed E-state index contributed by atoms with van der Waals surface area (Å²) in [4.78, 5) is 6.42. The highest BCUT2D eigenvalue weighted by atomic mass is 32.2. The van der Waals surface area contributed by atoms with Crippen molar-refractivity contribution in [3.63, 3.8) is 0 Å². The van der Waals surface area contributed by atoms with Crippen LogP contribution in [-0.2, 0) is 0 Å². The first-order valence-electron chi connectivity index (χ1n) is 6.93. The van der Waals surface area contributed by atoms with E-state index < -0.39 is 0 Å². The van der Waals surface area contributed by atoms with Crippen molar-refractivity contribution in [3.8, 4) is 0 Å². The van der Waals surface area contributed by atoms with Crippen molar-refractivity contribution in [1.82, 2.24) is 9.80 Å². The monoisotopic (exact) mass is 264 g/mol. The van der Waals surface area contributed by atoms with E-state index in [1.165, 1.54) is 56.2 Å². The first kappa shape index (κ1) is 13.9. The van der Waals surface area contributed by atoms with Crippen LogP contribution in [0.25, 0.3) is 0 Å². The summed E-state index contributed by atoms with van der Waals surface area (Å²) in [6.45, 7) is 6.24. The summed E-state index contributed by atoms with van der Waals surface area (Å²) in [7, 11) is 2.24. The maximum atomic E-state index is 2.58. The number of hydrogen-bond donors (Lipinski definition) is 0. The second-order valence-corrected chi connectivity index (χ2v) is 6.18. The summed E-state index contributed by atoms with van der Waals surface area (Å²) in [6, 6.07) is 10.7. The van der Waals surface area contributed by atoms with Gasteiger partial charge in [0, 0.05) is 30.3 Å². The van der Waals surface area contributed by atoms with E-state index in [4.69, 9.17) is 0 Å². The van der Waals surface area contributed by atoms with Gasteiger partial charge in [-0.2, -0.15) is 0 Å². The lowest BCUT2D eigenvalue weighted by molar-refractivity contribution is 0.265. The Balaban J connectivity index is 1.55. The first-order chi connectivity index (χ1) is 8.84. The summed E-state index contributed by atoms with van der Waals surface area (Å²) in [5.41, 5.74) is 0. The molecule has 0 aromatic heterocycles. The Morgan fingerprint density at radius 3 is 2.56 bits per heavy atom. The molecule has 3 heteroatoms. The van der Waals surface area contributed by atoms with Crippen LogP contribution in [0.4, 0.5) is 0 Å². The summed E-state index contributed by atoms with van der Waals surface area (Å²) in [5, 5.41) is 0. The minimum absolute atomic E-state index is 1.17. The highest BCUT2D eigenvalue weighted by Crippen LogP contribution is 2.16. The molecule has 0 radical (unpaired) electrons. The molecule has 0 N–H and O–H groups in total. The molecule has 1 aliphatic rings. The van der Waals surface area contributed by atoms with Crippen LogP contribution in [0.15, 0.2) is 35.2 Å². The lowest BCUT2D eigenvalue weighted by atomic mass is 10.4. The second kappa shape index (κ2) is 7.82. The van der Waals surface area contributed by atoms with Crippen molar-refractivity contribution >= 4 is 11.8 Å². The van der Waals surface area contributed by atoms with Gasteiger partial charge in [-0.1, -0.05) is 18.2 Å². The third kappa shape index (κ3) is 5.01. The maximum absolute atomic E-state index is 2.58. The van der Waals surface area contributed by atoms with E-state index in [0.29, 0.717) is 0 Å². The van der Waals surface area contributed by atoms with Gasteiger partial charge < -0.3 is 9.80 Å². The van der Waals surface area contributed by atoms with Crippen LogP contribution in [0.2, 0.25) is 0 Å². The van der Waals surface area contributed by atoms with Crippen molar-refractivity contribution < 1.29 is 0 Å². The predicted molar refractivity (Wildman–Crippen MR) is 80.3 cm³/mol. The molecule has 0 atom stereocenters. The number of likely N-dealkylation sites (tertiary alicyclic amines) is 1. The van der Waals surface area contributed by atoms with Gasteiger partial charge in [0.1, 0.15) is 0 Å². The average Bonchev–Trinajstić information content (AvgIpc) is 2.91. The van der Waals surface area contributed by atoms with Crippen LogP contribution in [-0.4, -0.2) is 55.3 Å². The van der Waals surface area contributed by atoms with Gasteiger partial charge >= 0.3 is 0 Å². The second-order valence-electron chi connectivity index (χ2n) is 5.01. The van der Waals surface area contributed by atoms with Gasteiger partial charge in [-0.15, -0.1) is 11.8 Å². The number of hydrogen-bond acceptors (Lipinski definition) is 3. The van der Waals surface area contributed by atoms with Crippen molar-refractivity contribution in [2.45, 2.75) is 17.7 Å². The molecule has 1 aromatic carbocycles. The van der Waals surface area contributed by atoms with E-state index in [9.17, 15) is 0 Å². The third-order valence-electron chi connectivity index (χ3n) is 3.48. The van der Waals surface area contributed by atoms with E-state index in [0.717, 1.165) is 0 Å². The lowest BCUT2D eigenvalue weighted by Gasteiger charge is -2.21. The molecule has 0 amide bonds. The smallest absolute Gasteiger partial charge is 0.0109 e. The molecule has 2 nitrogen and oxygen atoms in total. The fourth-order valence-electron chi connectivity index (χ4n) is 2.27.